The highest BCUT2D eigenvalue weighted by Crippen LogP contribution is 2.13. The minimum absolute atomic E-state index is 0.239. The number of rotatable bonds is 3. The van der Waals surface area contributed by atoms with Gasteiger partial charge in [0.1, 0.15) is 5.69 Å². The van der Waals surface area contributed by atoms with Crippen molar-refractivity contribution in [3.05, 3.63) is 58.2 Å². The summed E-state index contributed by atoms with van der Waals surface area (Å²) in [5.74, 6) is 0.0136. The first-order valence-electron chi connectivity index (χ1n) is 6.16. The number of hydrogen-bond acceptors (Lipinski definition) is 5. The molecule has 2 aromatic heterocycles. The van der Waals surface area contributed by atoms with Crippen molar-refractivity contribution in [1.29, 1.82) is 0 Å². The molecule has 110 valence electrons. The second kappa shape index (κ2) is 6.04. The molecule has 0 radical (unpaired) electrons. The van der Waals surface area contributed by atoms with E-state index >= 15 is 0 Å². The number of aromatic nitrogens is 5. The molecule has 0 aliphatic rings. The van der Waals surface area contributed by atoms with E-state index in [0.717, 1.165) is 0 Å². The number of carbonyl (C=O) groups excluding carboxylic acids is 1. The maximum Gasteiger partial charge on any atom is 0.270 e. The molecule has 3 aromatic rings. The SMILES string of the molecule is O=C(Nn1c(-c2cnccn2)n[nH]c1=S)c1ccc(Cl)cc1. The van der Waals surface area contributed by atoms with Crippen molar-refractivity contribution in [3.63, 3.8) is 0 Å². The van der Waals surface area contributed by atoms with E-state index in [-0.39, 0.29) is 10.7 Å². The van der Waals surface area contributed by atoms with Crippen molar-refractivity contribution < 1.29 is 4.79 Å². The predicted octanol–water partition coefficient (Wildman–Crippen LogP) is 2.43. The summed E-state index contributed by atoms with van der Waals surface area (Å²) in [6.07, 6.45) is 4.59. The molecule has 0 fully saturated rings. The minimum atomic E-state index is -0.348. The van der Waals surface area contributed by atoms with E-state index in [2.05, 4.69) is 25.6 Å². The van der Waals surface area contributed by atoms with Crippen molar-refractivity contribution >= 4 is 29.7 Å². The van der Waals surface area contributed by atoms with Gasteiger partial charge in [-0.2, -0.15) is 5.10 Å². The Bertz CT molecular complexity index is 858. The Kier molecular flexibility index (Phi) is 3.94. The van der Waals surface area contributed by atoms with Gasteiger partial charge in [0, 0.05) is 23.0 Å². The molecule has 2 heterocycles. The van der Waals surface area contributed by atoms with Crippen LogP contribution in [0.2, 0.25) is 5.02 Å². The van der Waals surface area contributed by atoms with Crippen LogP contribution in [0.3, 0.4) is 0 Å². The number of benzene rings is 1. The number of nitrogens with one attached hydrogen (secondary N) is 2. The Morgan fingerprint density at radius 3 is 2.73 bits per heavy atom. The Labute approximate surface area is 135 Å². The van der Waals surface area contributed by atoms with Gasteiger partial charge in [-0.15, -0.1) is 0 Å². The summed E-state index contributed by atoms with van der Waals surface area (Å²) in [6, 6.07) is 6.50. The zero-order valence-corrected chi connectivity index (χ0v) is 12.6. The van der Waals surface area contributed by atoms with Crippen LogP contribution in [0.15, 0.2) is 42.9 Å². The maximum atomic E-state index is 12.3. The smallest absolute Gasteiger partial charge is 0.267 e. The molecule has 0 aliphatic carbocycles. The lowest BCUT2D eigenvalue weighted by Crippen LogP contribution is -2.24. The van der Waals surface area contributed by atoms with E-state index in [1.807, 2.05) is 0 Å². The molecule has 1 amide bonds. The topological polar surface area (TPSA) is 88.5 Å². The monoisotopic (exact) mass is 332 g/mol. The molecule has 2 N–H and O–H groups in total. The molecule has 0 bridgehead atoms. The Hall–Kier alpha value is -2.58. The Morgan fingerprint density at radius 2 is 2.05 bits per heavy atom. The van der Waals surface area contributed by atoms with Crippen molar-refractivity contribution in [3.8, 4) is 11.5 Å². The average Bonchev–Trinajstić information content (AvgIpc) is 2.90. The molecule has 0 aliphatic heterocycles. The molecule has 0 unspecified atom stereocenters. The molecule has 7 nitrogen and oxygen atoms in total. The first-order chi connectivity index (χ1) is 10.6. The highest BCUT2D eigenvalue weighted by molar-refractivity contribution is 7.71. The van der Waals surface area contributed by atoms with E-state index in [1.165, 1.54) is 17.1 Å². The maximum absolute atomic E-state index is 12.3. The third-order valence-corrected chi connectivity index (χ3v) is 3.31. The third-order valence-electron chi connectivity index (χ3n) is 2.78. The summed E-state index contributed by atoms with van der Waals surface area (Å²) in [6.45, 7) is 0. The van der Waals surface area contributed by atoms with E-state index in [0.29, 0.717) is 22.1 Å². The van der Waals surface area contributed by atoms with Crippen LogP contribution in [0.4, 0.5) is 0 Å². The fourth-order valence-corrected chi connectivity index (χ4v) is 2.06. The summed E-state index contributed by atoms with van der Waals surface area (Å²) < 4.78 is 1.58. The molecule has 1 aromatic carbocycles. The standard InChI is InChI=1S/C13H9ClN6OS/c14-9-3-1-8(2-4-9)12(21)19-20-11(17-18-13(20)22)10-7-15-5-6-16-10/h1-7H,(H,18,22)(H,19,21). The van der Waals surface area contributed by atoms with E-state index in [4.69, 9.17) is 23.8 Å². The fraction of sp³-hybridized carbons (Fsp3) is 0. The van der Waals surface area contributed by atoms with Crippen LogP contribution in [0.5, 0.6) is 0 Å². The largest absolute Gasteiger partial charge is 0.270 e. The van der Waals surface area contributed by atoms with Crippen molar-refractivity contribution in [2.75, 3.05) is 5.43 Å². The van der Waals surface area contributed by atoms with Crippen LogP contribution in [-0.4, -0.2) is 30.7 Å². The van der Waals surface area contributed by atoms with Gasteiger partial charge in [0.2, 0.25) is 10.6 Å². The number of halogens is 1. The molecule has 0 saturated carbocycles. The van der Waals surface area contributed by atoms with Gasteiger partial charge < -0.3 is 0 Å². The quantitative estimate of drug-likeness (QED) is 0.719. The van der Waals surface area contributed by atoms with Gasteiger partial charge in [0.25, 0.3) is 5.91 Å². The summed E-state index contributed by atoms with van der Waals surface area (Å²) in [5, 5.41) is 7.22. The van der Waals surface area contributed by atoms with Crippen LogP contribution < -0.4 is 5.43 Å². The van der Waals surface area contributed by atoms with Crippen molar-refractivity contribution in [2.45, 2.75) is 0 Å². The lowest BCUT2D eigenvalue weighted by atomic mass is 10.2. The van der Waals surface area contributed by atoms with Gasteiger partial charge in [-0.3, -0.25) is 15.2 Å². The lowest BCUT2D eigenvalue weighted by Gasteiger charge is -2.08. The summed E-state index contributed by atoms with van der Waals surface area (Å²) in [7, 11) is 0. The van der Waals surface area contributed by atoms with Crippen molar-refractivity contribution in [1.82, 2.24) is 24.8 Å². The molecule has 9 heteroatoms. The zero-order valence-electron chi connectivity index (χ0n) is 11.0. The number of H-pyrrole nitrogens is 1. The second-order valence-corrected chi connectivity index (χ2v) is 5.05. The lowest BCUT2D eigenvalue weighted by molar-refractivity contribution is 0.101. The molecular weight excluding hydrogens is 324 g/mol. The normalized spacial score (nSPS) is 10.4. The van der Waals surface area contributed by atoms with Gasteiger partial charge in [0.15, 0.2) is 0 Å². The number of nitrogens with zero attached hydrogens (tertiary/aromatic N) is 4. The second-order valence-electron chi connectivity index (χ2n) is 4.23. The Morgan fingerprint density at radius 1 is 1.27 bits per heavy atom. The number of carbonyl (C=O) groups is 1. The summed E-state index contributed by atoms with van der Waals surface area (Å²) in [5.41, 5.74) is 3.58. The highest BCUT2D eigenvalue weighted by Gasteiger charge is 2.13. The van der Waals surface area contributed by atoms with E-state index < -0.39 is 0 Å². The molecule has 3 rings (SSSR count). The number of hydrogen-bond donors (Lipinski definition) is 2. The van der Waals surface area contributed by atoms with Crippen LogP contribution >= 0.6 is 23.8 Å². The van der Waals surface area contributed by atoms with Crippen LogP contribution in [-0.2, 0) is 0 Å². The van der Waals surface area contributed by atoms with Gasteiger partial charge in [-0.25, -0.2) is 14.8 Å². The third kappa shape index (κ3) is 2.87. The van der Waals surface area contributed by atoms with E-state index in [1.54, 1.807) is 30.5 Å². The predicted molar refractivity (Wildman–Crippen MR) is 83.6 cm³/mol. The van der Waals surface area contributed by atoms with Crippen LogP contribution in [0, 0.1) is 4.77 Å². The molecule has 22 heavy (non-hydrogen) atoms. The molecule has 0 saturated heterocycles. The first-order valence-corrected chi connectivity index (χ1v) is 6.94. The van der Waals surface area contributed by atoms with Crippen molar-refractivity contribution in [2.24, 2.45) is 0 Å². The van der Waals surface area contributed by atoms with Gasteiger partial charge in [-0.1, -0.05) is 11.6 Å². The zero-order chi connectivity index (χ0) is 15.5. The Balaban J connectivity index is 1.93. The molecule has 0 atom stereocenters. The highest BCUT2D eigenvalue weighted by atomic mass is 35.5. The molecular formula is C13H9ClN6OS. The average molecular weight is 333 g/mol. The van der Waals surface area contributed by atoms with Crippen LogP contribution in [0.1, 0.15) is 10.4 Å². The number of amides is 1. The summed E-state index contributed by atoms with van der Waals surface area (Å²) in [4.78, 5) is 20.4. The number of aromatic amines is 1. The van der Waals surface area contributed by atoms with Gasteiger partial charge in [0.05, 0.1) is 6.20 Å². The molecule has 0 spiro atoms. The minimum Gasteiger partial charge on any atom is -0.267 e. The van der Waals surface area contributed by atoms with Gasteiger partial charge in [-0.05, 0) is 36.5 Å². The first kappa shape index (κ1) is 14.4. The fourth-order valence-electron chi connectivity index (χ4n) is 1.75. The van der Waals surface area contributed by atoms with Gasteiger partial charge >= 0.3 is 0 Å². The van der Waals surface area contributed by atoms with E-state index in [9.17, 15) is 4.79 Å². The van der Waals surface area contributed by atoms with Crippen LogP contribution in [0.25, 0.3) is 11.5 Å². The summed E-state index contributed by atoms with van der Waals surface area (Å²) >= 11 is 10.9.